The lowest BCUT2D eigenvalue weighted by atomic mass is 10.1. The molecule has 1 atom stereocenters. The summed E-state index contributed by atoms with van der Waals surface area (Å²) in [7, 11) is 1.42. The van der Waals surface area contributed by atoms with Crippen molar-refractivity contribution < 1.29 is 14.3 Å². The van der Waals surface area contributed by atoms with Gasteiger partial charge in [-0.15, -0.1) is 0 Å². The molecule has 1 unspecified atom stereocenters. The molecule has 0 radical (unpaired) electrons. The van der Waals surface area contributed by atoms with Crippen molar-refractivity contribution in [2.24, 2.45) is 5.92 Å². The lowest BCUT2D eigenvalue weighted by molar-refractivity contribution is -0.145. The van der Waals surface area contributed by atoms with Crippen LogP contribution in [0.4, 0.5) is 0 Å². The summed E-state index contributed by atoms with van der Waals surface area (Å²) in [6.07, 6.45) is 0. The van der Waals surface area contributed by atoms with E-state index in [1.807, 2.05) is 31.2 Å². The Balaban J connectivity index is 2.34. The molecule has 0 saturated carbocycles. The Morgan fingerprint density at radius 2 is 2.00 bits per heavy atom. The van der Waals surface area contributed by atoms with Crippen molar-refractivity contribution in [3.63, 3.8) is 0 Å². The molecule has 4 nitrogen and oxygen atoms in total. The maximum Gasteiger partial charge on any atom is 0.309 e. The van der Waals surface area contributed by atoms with Crippen molar-refractivity contribution in [1.82, 2.24) is 4.90 Å². The van der Waals surface area contributed by atoms with Gasteiger partial charge in [-0.25, -0.2) is 0 Å². The highest BCUT2D eigenvalue weighted by molar-refractivity contribution is 9.10. The number of rotatable bonds is 8. The fourth-order valence-corrected chi connectivity index (χ4v) is 2.13. The van der Waals surface area contributed by atoms with Crippen molar-refractivity contribution in [3.8, 4) is 5.75 Å². The quantitative estimate of drug-likeness (QED) is 0.680. The molecule has 1 aromatic carbocycles. The lowest BCUT2D eigenvalue weighted by Crippen LogP contribution is -2.35. The Kier molecular flexibility index (Phi) is 7.62. The van der Waals surface area contributed by atoms with E-state index in [4.69, 9.17) is 9.47 Å². The van der Waals surface area contributed by atoms with Crippen LogP contribution < -0.4 is 4.74 Å². The zero-order valence-electron chi connectivity index (χ0n) is 12.3. The van der Waals surface area contributed by atoms with Gasteiger partial charge in [0.05, 0.1) is 13.0 Å². The van der Waals surface area contributed by atoms with Gasteiger partial charge in [0.15, 0.2) is 0 Å². The van der Waals surface area contributed by atoms with E-state index in [2.05, 4.69) is 27.8 Å². The monoisotopic (exact) mass is 343 g/mol. The minimum Gasteiger partial charge on any atom is -0.492 e. The van der Waals surface area contributed by atoms with Gasteiger partial charge in [0.25, 0.3) is 0 Å². The topological polar surface area (TPSA) is 38.8 Å². The van der Waals surface area contributed by atoms with Gasteiger partial charge in [-0.2, -0.15) is 0 Å². The van der Waals surface area contributed by atoms with E-state index in [1.54, 1.807) is 0 Å². The summed E-state index contributed by atoms with van der Waals surface area (Å²) in [5, 5.41) is 0. The molecule has 0 N–H and O–H groups in total. The maximum atomic E-state index is 11.4. The molecule has 112 valence electrons. The largest absolute Gasteiger partial charge is 0.492 e. The molecule has 0 aliphatic rings. The van der Waals surface area contributed by atoms with Crippen molar-refractivity contribution in [1.29, 1.82) is 0 Å². The number of likely N-dealkylation sites (N-methyl/N-ethyl adjacent to an activating group) is 1. The third kappa shape index (κ3) is 5.92. The minimum atomic E-state index is -0.169. The van der Waals surface area contributed by atoms with E-state index in [9.17, 15) is 4.79 Å². The van der Waals surface area contributed by atoms with E-state index in [1.165, 1.54) is 7.11 Å². The zero-order valence-corrected chi connectivity index (χ0v) is 13.9. The first-order valence-electron chi connectivity index (χ1n) is 6.75. The SMILES string of the molecule is CCN(CCOc1ccc(Br)cc1)CC(C)C(=O)OC. The number of methoxy groups -OCH3 is 1. The van der Waals surface area contributed by atoms with E-state index in [-0.39, 0.29) is 11.9 Å². The first kappa shape index (κ1) is 17.0. The molecule has 5 heteroatoms. The van der Waals surface area contributed by atoms with Crippen LogP contribution in [-0.4, -0.2) is 44.2 Å². The number of esters is 1. The number of carbonyl (C=O) groups excluding carboxylic acids is 1. The van der Waals surface area contributed by atoms with Crippen LogP contribution in [0.5, 0.6) is 5.75 Å². The highest BCUT2D eigenvalue weighted by Gasteiger charge is 2.16. The number of halogens is 1. The fourth-order valence-electron chi connectivity index (χ4n) is 1.86. The predicted molar refractivity (Wildman–Crippen MR) is 82.9 cm³/mol. The molecule has 20 heavy (non-hydrogen) atoms. The van der Waals surface area contributed by atoms with Crippen LogP contribution in [0.1, 0.15) is 13.8 Å². The highest BCUT2D eigenvalue weighted by atomic mass is 79.9. The molecule has 0 spiro atoms. The number of carbonyl (C=O) groups is 1. The fraction of sp³-hybridized carbons (Fsp3) is 0.533. The Labute approximate surface area is 129 Å². The molecule has 0 saturated heterocycles. The summed E-state index contributed by atoms with van der Waals surface area (Å²) in [6.45, 7) is 6.91. The second-order valence-corrected chi connectivity index (χ2v) is 5.54. The van der Waals surface area contributed by atoms with Crippen molar-refractivity contribution in [2.75, 3.05) is 33.4 Å². The van der Waals surface area contributed by atoms with Crippen LogP contribution in [0.3, 0.4) is 0 Å². The van der Waals surface area contributed by atoms with Gasteiger partial charge in [-0.3, -0.25) is 9.69 Å². The van der Waals surface area contributed by atoms with Crippen molar-refractivity contribution in [2.45, 2.75) is 13.8 Å². The first-order chi connectivity index (χ1) is 9.56. The Morgan fingerprint density at radius 1 is 1.35 bits per heavy atom. The molecule has 0 bridgehead atoms. The highest BCUT2D eigenvalue weighted by Crippen LogP contribution is 2.16. The van der Waals surface area contributed by atoms with Gasteiger partial charge in [-0.05, 0) is 30.8 Å². The minimum absolute atomic E-state index is 0.118. The summed E-state index contributed by atoms with van der Waals surface area (Å²) in [5.41, 5.74) is 0. The van der Waals surface area contributed by atoms with E-state index in [0.29, 0.717) is 13.2 Å². The van der Waals surface area contributed by atoms with Crippen molar-refractivity contribution in [3.05, 3.63) is 28.7 Å². The van der Waals surface area contributed by atoms with E-state index >= 15 is 0 Å². The zero-order chi connectivity index (χ0) is 15.0. The van der Waals surface area contributed by atoms with Gasteiger partial charge in [-0.1, -0.05) is 29.8 Å². The number of hydrogen-bond acceptors (Lipinski definition) is 4. The molecule has 0 heterocycles. The summed E-state index contributed by atoms with van der Waals surface area (Å²) in [6, 6.07) is 7.76. The molecule has 0 fully saturated rings. The molecule has 1 aromatic rings. The third-order valence-corrected chi connectivity index (χ3v) is 3.60. The third-order valence-electron chi connectivity index (χ3n) is 3.07. The van der Waals surface area contributed by atoms with Crippen molar-refractivity contribution >= 4 is 21.9 Å². The first-order valence-corrected chi connectivity index (χ1v) is 7.54. The lowest BCUT2D eigenvalue weighted by Gasteiger charge is -2.23. The second-order valence-electron chi connectivity index (χ2n) is 4.62. The number of benzene rings is 1. The maximum absolute atomic E-state index is 11.4. The van der Waals surface area contributed by atoms with Crippen LogP contribution in [0.25, 0.3) is 0 Å². The van der Waals surface area contributed by atoms with Gasteiger partial charge >= 0.3 is 5.97 Å². The van der Waals surface area contributed by atoms with Gasteiger partial charge in [0.1, 0.15) is 12.4 Å². The summed E-state index contributed by atoms with van der Waals surface area (Å²) >= 11 is 3.39. The number of hydrogen-bond donors (Lipinski definition) is 0. The van der Waals surface area contributed by atoms with E-state index in [0.717, 1.165) is 23.3 Å². The Morgan fingerprint density at radius 3 is 2.55 bits per heavy atom. The van der Waals surface area contributed by atoms with Crippen LogP contribution in [0.2, 0.25) is 0 Å². The molecular weight excluding hydrogens is 322 g/mol. The number of nitrogens with zero attached hydrogens (tertiary/aromatic N) is 1. The molecule has 0 aliphatic carbocycles. The van der Waals surface area contributed by atoms with Gasteiger partial charge < -0.3 is 9.47 Å². The summed E-state index contributed by atoms with van der Waals surface area (Å²) < 4.78 is 11.5. The molecule has 0 aromatic heterocycles. The average molecular weight is 344 g/mol. The van der Waals surface area contributed by atoms with Crippen LogP contribution in [0.15, 0.2) is 28.7 Å². The normalized spacial score (nSPS) is 12.2. The molecular formula is C15H22BrNO3. The van der Waals surface area contributed by atoms with Crippen LogP contribution in [0, 0.1) is 5.92 Å². The second kappa shape index (κ2) is 8.97. The summed E-state index contributed by atoms with van der Waals surface area (Å²) in [5.74, 6) is 0.565. The smallest absolute Gasteiger partial charge is 0.309 e. The Hall–Kier alpha value is -1.07. The predicted octanol–water partition coefficient (Wildman–Crippen LogP) is 2.96. The number of ether oxygens (including phenoxy) is 2. The Bertz CT molecular complexity index is 408. The van der Waals surface area contributed by atoms with Gasteiger partial charge in [0, 0.05) is 17.6 Å². The average Bonchev–Trinajstić information content (AvgIpc) is 2.47. The molecule has 1 rings (SSSR count). The van der Waals surface area contributed by atoms with E-state index < -0.39 is 0 Å². The standard InChI is InChI=1S/C15H22BrNO3/c1-4-17(11-12(2)15(18)19-3)9-10-20-14-7-5-13(16)6-8-14/h5-8,12H,4,9-11H2,1-3H3. The molecule has 0 amide bonds. The van der Waals surface area contributed by atoms with Crippen LogP contribution >= 0.6 is 15.9 Å². The van der Waals surface area contributed by atoms with Gasteiger partial charge in [0.2, 0.25) is 0 Å². The molecule has 0 aliphatic heterocycles. The summed E-state index contributed by atoms with van der Waals surface area (Å²) in [4.78, 5) is 13.6. The van der Waals surface area contributed by atoms with Crippen LogP contribution in [-0.2, 0) is 9.53 Å².